The van der Waals surface area contributed by atoms with Crippen molar-refractivity contribution in [1.29, 1.82) is 0 Å². The molecule has 0 atom stereocenters. The molecule has 1 fully saturated rings. The lowest BCUT2D eigenvalue weighted by Crippen LogP contribution is -2.36. The monoisotopic (exact) mass is 398 g/mol. The molecule has 2 aromatic rings. The summed E-state index contributed by atoms with van der Waals surface area (Å²) in [5.41, 5.74) is -0.822. The second-order valence-electron chi connectivity index (χ2n) is 5.92. The predicted molar refractivity (Wildman–Crippen MR) is 89.6 cm³/mol. The fraction of sp³-hybridized carbons (Fsp3) is 0.353. The number of oxazole rings is 1. The lowest BCUT2D eigenvalue weighted by Gasteiger charge is -2.13. The van der Waals surface area contributed by atoms with Gasteiger partial charge in [0.2, 0.25) is 5.89 Å². The molecule has 0 bridgehead atoms. The van der Waals surface area contributed by atoms with Crippen LogP contribution in [0.3, 0.4) is 0 Å². The summed E-state index contributed by atoms with van der Waals surface area (Å²) in [5, 5.41) is 5.26. The number of halogens is 3. The Hall–Kier alpha value is -3.24. The van der Waals surface area contributed by atoms with E-state index in [1.54, 1.807) is 4.90 Å². The van der Waals surface area contributed by atoms with Gasteiger partial charge in [0.25, 0.3) is 5.91 Å². The van der Waals surface area contributed by atoms with E-state index in [2.05, 4.69) is 15.6 Å². The SMILES string of the molecule is O=C(NCCN1CCNC1=O)c1coc(COc2cccc(C(F)(F)F)c2)n1. The number of hydrogen-bond acceptors (Lipinski definition) is 5. The highest BCUT2D eigenvalue weighted by Gasteiger charge is 2.30. The number of nitrogens with one attached hydrogen (secondary N) is 2. The highest BCUT2D eigenvalue weighted by atomic mass is 19.4. The van der Waals surface area contributed by atoms with Crippen LogP contribution in [0.1, 0.15) is 21.9 Å². The molecule has 1 aliphatic rings. The zero-order chi connectivity index (χ0) is 20.1. The molecular weight excluding hydrogens is 381 g/mol. The normalized spacial score (nSPS) is 14.1. The smallest absolute Gasteiger partial charge is 0.416 e. The van der Waals surface area contributed by atoms with Gasteiger partial charge in [-0.1, -0.05) is 6.07 Å². The number of urea groups is 1. The molecule has 11 heteroatoms. The molecule has 28 heavy (non-hydrogen) atoms. The molecule has 2 heterocycles. The predicted octanol–water partition coefficient (Wildman–Crippen LogP) is 2.03. The summed E-state index contributed by atoms with van der Waals surface area (Å²) in [6.45, 7) is 1.53. The summed E-state index contributed by atoms with van der Waals surface area (Å²) in [6.07, 6.45) is -3.34. The van der Waals surface area contributed by atoms with Crippen LogP contribution in [0.4, 0.5) is 18.0 Å². The van der Waals surface area contributed by atoms with Crippen molar-refractivity contribution < 1.29 is 31.9 Å². The van der Waals surface area contributed by atoms with E-state index in [1.165, 1.54) is 12.1 Å². The minimum Gasteiger partial charge on any atom is -0.484 e. The number of amides is 3. The van der Waals surface area contributed by atoms with Crippen molar-refractivity contribution in [3.63, 3.8) is 0 Å². The minimum absolute atomic E-state index is 0.00270. The molecule has 0 unspecified atom stereocenters. The Balaban J connectivity index is 1.48. The van der Waals surface area contributed by atoms with Crippen molar-refractivity contribution in [1.82, 2.24) is 20.5 Å². The average Bonchev–Trinajstić information content (AvgIpc) is 3.29. The molecule has 1 saturated heterocycles. The summed E-state index contributed by atoms with van der Waals surface area (Å²) in [6, 6.07) is 4.23. The number of nitrogens with zero attached hydrogens (tertiary/aromatic N) is 2. The molecule has 3 amide bonds. The minimum atomic E-state index is -4.47. The third-order valence-electron chi connectivity index (χ3n) is 3.92. The van der Waals surface area contributed by atoms with E-state index in [4.69, 9.17) is 9.15 Å². The molecule has 1 aromatic carbocycles. The van der Waals surface area contributed by atoms with E-state index in [0.29, 0.717) is 19.6 Å². The first-order valence-electron chi connectivity index (χ1n) is 8.38. The van der Waals surface area contributed by atoms with Crippen molar-refractivity contribution >= 4 is 11.9 Å². The van der Waals surface area contributed by atoms with Crippen LogP contribution >= 0.6 is 0 Å². The standard InChI is InChI=1S/C17H17F3N4O4/c18-17(19,20)11-2-1-3-12(8-11)27-10-14-23-13(9-28-14)15(25)21-4-6-24-7-5-22-16(24)26/h1-3,8-9H,4-7,10H2,(H,21,25)(H,22,26). The van der Waals surface area contributed by atoms with Crippen LogP contribution in [0, 0.1) is 0 Å². The van der Waals surface area contributed by atoms with Gasteiger partial charge in [-0.2, -0.15) is 13.2 Å². The Labute approximate surface area is 157 Å². The maximum absolute atomic E-state index is 12.7. The van der Waals surface area contributed by atoms with Crippen LogP contribution in [0.15, 0.2) is 34.9 Å². The third-order valence-corrected chi connectivity index (χ3v) is 3.92. The number of carbonyl (C=O) groups is 2. The number of carbonyl (C=O) groups excluding carboxylic acids is 2. The van der Waals surface area contributed by atoms with Crippen molar-refractivity contribution in [3.05, 3.63) is 47.7 Å². The Morgan fingerprint density at radius 3 is 2.93 bits per heavy atom. The maximum Gasteiger partial charge on any atom is 0.416 e. The van der Waals surface area contributed by atoms with Crippen LogP contribution in [-0.2, 0) is 12.8 Å². The van der Waals surface area contributed by atoms with E-state index in [0.717, 1.165) is 18.4 Å². The van der Waals surface area contributed by atoms with E-state index < -0.39 is 17.6 Å². The topological polar surface area (TPSA) is 96.7 Å². The zero-order valence-corrected chi connectivity index (χ0v) is 14.6. The number of benzene rings is 1. The zero-order valence-electron chi connectivity index (χ0n) is 14.6. The Kier molecular flexibility index (Phi) is 5.71. The second kappa shape index (κ2) is 8.19. The Bertz CT molecular complexity index is 853. The van der Waals surface area contributed by atoms with E-state index in [9.17, 15) is 22.8 Å². The van der Waals surface area contributed by atoms with E-state index in [1.807, 2.05) is 0 Å². The van der Waals surface area contributed by atoms with Crippen LogP contribution in [0.5, 0.6) is 5.75 Å². The largest absolute Gasteiger partial charge is 0.484 e. The first-order chi connectivity index (χ1) is 13.3. The lowest BCUT2D eigenvalue weighted by molar-refractivity contribution is -0.137. The van der Waals surface area contributed by atoms with Gasteiger partial charge in [0.1, 0.15) is 12.0 Å². The van der Waals surface area contributed by atoms with Crippen LogP contribution in [0.2, 0.25) is 0 Å². The van der Waals surface area contributed by atoms with Gasteiger partial charge < -0.3 is 24.7 Å². The van der Waals surface area contributed by atoms with Gasteiger partial charge in [-0.05, 0) is 18.2 Å². The van der Waals surface area contributed by atoms with Gasteiger partial charge in [0.05, 0.1) is 5.56 Å². The molecule has 150 valence electrons. The summed E-state index contributed by atoms with van der Waals surface area (Å²) >= 11 is 0. The third kappa shape index (κ3) is 4.93. The van der Waals surface area contributed by atoms with Gasteiger partial charge in [-0.15, -0.1) is 0 Å². The Morgan fingerprint density at radius 1 is 1.39 bits per heavy atom. The van der Waals surface area contributed by atoms with Gasteiger partial charge in [-0.25, -0.2) is 9.78 Å². The molecule has 0 saturated carbocycles. The van der Waals surface area contributed by atoms with Gasteiger partial charge >= 0.3 is 12.2 Å². The summed E-state index contributed by atoms with van der Waals surface area (Å²) in [5.74, 6) is -0.446. The molecular formula is C17H17F3N4O4. The number of ether oxygens (including phenoxy) is 1. The Morgan fingerprint density at radius 2 is 2.21 bits per heavy atom. The molecule has 8 nitrogen and oxygen atoms in total. The molecule has 1 aliphatic heterocycles. The number of aromatic nitrogens is 1. The molecule has 0 spiro atoms. The number of hydrogen-bond donors (Lipinski definition) is 2. The van der Waals surface area contributed by atoms with Crippen LogP contribution < -0.4 is 15.4 Å². The molecule has 1 aromatic heterocycles. The summed E-state index contributed by atoms with van der Waals surface area (Å²) in [7, 11) is 0. The fourth-order valence-electron chi connectivity index (χ4n) is 2.51. The van der Waals surface area contributed by atoms with Crippen molar-refractivity contribution in [2.45, 2.75) is 12.8 Å². The number of alkyl halides is 3. The highest BCUT2D eigenvalue weighted by Crippen LogP contribution is 2.31. The van der Waals surface area contributed by atoms with Gasteiger partial charge in [-0.3, -0.25) is 4.79 Å². The summed E-state index contributed by atoms with van der Waals surface area (Å²) in [4.78, 5) is 28.9. The molecule has 2 N–H and O–H groups in total. The van der Waals surface area contributed by atoms with Crippen LogP contribution in [-0.4, -0.2) is 48.0 Å². The van der Waals surface area contributed by atoms with Crippen molar-refractivity contribution in [2.75, 3.05) is 26.2 Å². The average molecular weight is 398 g/mol. The summed E-state index contributed by atoms with van der Waals surface area (Å²) < 4.78 is 48.4. The first kappa shape index (κ1) is 19.5. The fourth-order valence-corrected chi connectivity index (χ4v) is 2.51. The first-order valence-corrected chi connectivity index (χ1v) is 8.38. The maximum atomic E-state index is 12.7. The van der Waals surface area contributed by atoms with Crippen molar-refractivity contribution in [2.24, 2.45) is 0 Å². The highest BCUT2D eigenvalue weighted by molar-refractivity contribution is 5.91. The molecule has 0 aliphatic carbocycles. The van der Waals surface area contributed by atoms with E-state index in [-0.39, 0.29) is 36.5 Å². The molecule has 0 radical (unpaired) electrons. The van der Waals surface area contributed by atoms with Gasteiger partial charge in [0, 0.05) is 26.2 Å². The van der Waals surface area contributed by atoms with Crippen LogP contribution in [0.25, 0.3) is 0 Å². The number of rotatable bonds is 7. The quantitative estimate of drug-likeness (QED) is 0.744. The van der Waals surface area contributed by atoms with E-state index >= 15 is 0 Å². The molecule has 3 rings (SSSR count). The second-order valence-corrected chi connectivity index (χ2v) is 5.92. The van der Waals surface area contributed by atoms with Gasteiger partial charge in [0.15, 0.2) is 12.3 Å². The van der Waals surface area contributed by atoms with Crippen molar-refractivity contribution in [3.8, 4) is 5.75 Å². The lowest BCUT2D eigenvalue weighted by atomic mass is 10.2.